The number of thiazole rings is 1. The van der Waals surface area contributed by atoms with E-state index in [-0.39, 0.29) is 0 Å². The van der Waals surface area contributed by atoms with Crippen molar-refractivity contribution in [2.24, 2.45) is 0 Å². The molecule has 2 atom stereocenters. The maximum atomic E-state index is 10.9. The van der Waals surface area contributed by atoms with E-state index in [1.54, 1.807) is 10.4 Å². The van der Waals surface area contributed by atoms with Gasteiger partial charge in [-0.1, -0.05) is 0 Å². The van der Waals surface area contributed by atoms with Crippen molar-refractivity contribution in [1.29, 1.82) is 0 Å². The average molecular weight is 228 g/mol. The number of rotatable bonds is 3. The number of hydrogen-bond acceptors (Lipinski definition) is 5. The number of nitrogens with zero attached hydrogens (tertiary/aromatic N) is 2. The summed E-state index contributed by atoms with van der Waals surface area (Å²) in [5, 5.41) is 20.3. The lowest BCUT2D eigenvalue weighted by atomic mass is 10.2. The molecule has 1 saturated heterocycles. The minimum atomic E-state index is -0.873. The number of β-amino-alcohol motifs (C(OH)–C–C–N with tert-alkyl or cyclic N) is 1. The normalized spacial score (nSPS) is 27.0. The summed E-state index contributed by atoms with van der Waals surface area (Å²) in [4.78, 5) is 16.8. The Hall–Kier alpha value is -0.980. The first-order chi connectivity index (χ1) is 7.16. The van der Waals surface area contributed by atoms with Crippen LogP contribution in [-0.2, 0) is 11.3 Å². The van der Waals surface area contributed by atoms with Crippen molar-refractivity contribution in [2.75, 3.05) is 6.54 Å². The predicted octanol–water partition coefficient (Wildman–Crippen LogP) is 0.163. The average Bonchev–Trinajstić information content (AvgIpc) is 2.75. The quantitative estimate of drug-likeness (QED) is 0.771. The second-order valence-electron chi connectivity index (χ2n) is 3.65. The Kier molecular flexibility index (Phi) is 2.99. The van der Waals surface area contributed by atoms with Gasteiger partial charge in [0.2, 0.25) is 0 Å². The van der Waals surface area contributed by atoms with Crippen LogP contribution in [0.1, 0.15) is 12.1 Å². The molecule has 1 aliphatic heterocycles. The van der Waals surface area contributed by atoms with E-state index in [0.717, 1.165) is 5.69 Å². The summed E-state index contributed by atoms with van der Waals surface area (Å²) in [5.74, 6) is -0.873. The zero-order valence-corrected chi connectivity index (χ0v) is 8.85. The number of aliphatic hydroxyl groups is 1. The number of hydrogen-bond donors (Lipinski definition) is 2. The maximum Gasteiger partial charge on any atom is 0.321 e. The highest BCUT2D eigenvalue weighted by molar-refractivity contribution is 7.07. The van der Waals surface area contributed by atoms with Crippen LogP contribution >= 0.6 is 11.3 Å². The van der Waals surface area contributed by atoms with Gasteiger partial charge in [-0.2, -0.15) is 0 Å². The summed E-state index contributed by atoms with van der Waals surface area (Å²) in [5.41, 5.74) is 2.58. The number of likely N-dealkylation sites (tertiary alicyclic amines) is 1. The van der Waals surface area contributed by atoms with Crippen molar-refractivity contribution in [1.82, 2.24) is 9.88 Å². The van der Waals surface area contributed by atoms with Crippen LogP contribution in [0.2, 0.25) is 0 Å². The Morgan fingerprint density at radius 3 is 3.13 bits per heavy atom. The van der Waals surface area contributed by atoms with E-state index >= 15 is 0 Å². The number of carbonyl (C=O) groups is 1. The molecule has 0 radical (unpaired) electrons. The molecular weight excluding hydrogens is 216 g/mol. The molecule has 0 aromatic carbocycles. The molecule has 2 rings (SSSR count). The summed E-state index contributed by atoms with van der Waals surface area (Å²) < 4.78 is 0. The Morgan fingerprint density at radius 1 is 1.73 bits per heavy atom. The van der Waals surface area contributed by atoms with E-state index in [2.05, 4.69) is 4.98 Å². The fourth-order valence-corrected chi connectivity index (χ4v) is 2.38. The van der Waals surface area contributed by atoms with Gasteiger partial charge in [0, 0.05) is 24.9 Å². The van der Waals surface area contributed by atoms with Crippen molar-refractivity contribution in [3.05, 3.63) is 16.6 Å². The zero-order valence-electron chi connectivity index (χ0n) is 8.04. The molecule has 0 amide bonds. The third kappa shape index (κ3) is 2.34. The molecule has 0 bridgehead atoms. The van der Waals surface area contributed by atoms with Gasteiger partial charge in [0.25, 0.3) is 0 Å². The number of aromatic nitrogens is 1. The molecule has 1 aromatic rings. The highest BCUT2D eigenvalue weighted by Gasteiger charge is 2.35. The van der Waals surface area contributed by atoms with Crippen LogP contribution in [0, 0.1) is 0 Å². The second kappa shape index (κ2) is 4.26. The van der Waals surface area contributed by atoms with Gasteiger partial charge in [-0.25, -0.2) is 4.98 Å². The standard InChI is InChI=1S/C9H12N2O3S/c12-7-1-8(9(13)14)11(3-7)2-6-4-15-5-10-6/h4-5,7-8,12H,1-3H2,(H,13,14). The lowest BCUT2D eigenvalue weighted by molar-refractivity contribution is -0.142. The van der Waals surface area contributed by atoms with Gasteiger partial charge >= 0.3 is 5.97 Å². The molecule has 15 heavy (non-hydrogen) atoms. The summed E-state index contributed by atoms with van der Waals surface area (Å²) in [6.45, 7) is 0.909. The summed E-state index contributed by atoms with van der Waals surface area (Å²) in [7, 11) is 0. The molecule has 82 valence electrons. The molecule has 0 saturated carbocycles. The van der Waals surface area contributed by atoms with Crippen molar-refractivity contribution in [3.8, 4) is 0 Å². The van der Waals surface area contributed by atoms with E-state index in [4.69, 9.17) is 5.11 Å². The van der Waals surface area contributed by atoms with Gasteiger partial charge < -0.3 is 10.2 Å². The molecule has 1 fully saturated rings. The van der Waals surface area contributed by atoms with Crippen molar-refractivity contribution in [3.63, 3.8) is 0 Å². The predicted molar refractivity (Wildman–Crippen MR) is 54.6 cm³/mol. The monoisotopic (exact) mass is 228 g/mol. The smallest absolute Gasteiger partial charge is 0.321 e. The fraction of sp³-hybridized carbons (Fsp3) is 0.556. The first-order valence-electron chi connectivity index (χ1n) is 4.69. The highest BCUT2D eigenvalue weighted by atomic mass is 32.1. The zero-order chi connectivity index (χ0) is 10.8. The van der Waals surface area contributed by atoms with Gasteiger partial charge in [-0.15, -0.1) is 11.3 Å². The molecule has 5 nitrogen and oxygen atoms in total. The fourth-order valence-electron chi connectivity index (χ4n) is 1.83. The second-order valence-corrected chi connectivity index (χ2v) is 4.37. The molecule has 6 heteroatoms. The van der Waals surface area contributed by atoms with Crippen molar-refractivity contribution < 1.29 is 15.0 Å². The van der Waals surface area contributed by atoms with E-state index in [1.807, 2.05) is 5.38 Å². The van der Waals surface area contributed by atoms with Crippen LogP contribution in [0.15, 0.2) is 10.9 Å². The Bertz CT molecular complexity index is 341. The number of carboxylic acid groups (broad SMARTS) is 1. The third-order valence-electron chi connectivity index (χ3n) is 2.51. The molecule has 0 spiro atoms. The molecule has 1 aliphatic rings. The number of carboxylic acids is 1. The molecule has 1 aromatic heterocycles. The first-order valence-corrected chi connectivity index (χ1v) is 5.63. The summed E-state index contributed by atoms with van der Waals surface area (Å²) in [6.07, 6.45) is -0.232. The van der Waals surface area contributed by atoms with Crippen LogP contribution in [0.3, 0.4) is 0 Å². The molecule has 2 heterocycles. The van der Waals surface area contributed by atoms with Crippen molar-refractivity contribution >= 4 is 17.3 Å². The van der Waals surface area contributed by atoms with Crippen molar-refractivity contribution in [2.45, 2.75) is 25.1 Å². The van der Waals surface area contributed by atoms with Crippen LogP contribution in [0.25, 0.3) is 0 Å². The van der Waals surface area contributed by atoms with Crippen LogP contribution in [0.5, 0.6) is 0 Å². The topological polar surface area (TPSA) is 73.7 Å². The van der Waals surface area contributed by atoms with E-state index in [9.17, 15) is 9.90 Å². The summed E-state index contributed by atoms with van der Waals surface area (Å²) in [6, 6.07) is -0.582. The first kappa shape index (κ1) is 10.5. The van der Waals surface area contributed by atoms with Crippen LogP contribution in [-0.4, -0.2) is 44.8 Å². The Balaban J connectivity index is 2.04. The molecule has 0 aliphatic carbocycles. The largest absolute Gasteiger partial charge is 0.480 e. The van der Waals surface area contributed by atoms with Crippen LogP contribution in [0.4, 0.5) is 0 Å². The number of aliphatic hydroxyl groups excluding tert-OH is 1. The van der Waals surface area contributed by atoms with Gasteiger partial charge in [0.1, 0.15) is 6.04 Å². The van der Waals surface area contributed by atoms with E-state index in [0.29, 0.717) is 19.5 Å². The Morgan fingerprint density at radius 2 is 2.53 bits per heavy atom. The van der Waals surface area contributed by atoms with Gasteiger partial charge in [-0.05, 0) is 0 Å². The number of aliphatic carboxylic acids is 1. The lowest BCUT2D eigenvalue weighted by Gasteiger charge is -2.19. The lowest BCUT2D eigenvalue weighted by Crippen LogP contribution is -2.35. The van der Waals surface area contributed by atoms with Gasteiger partial charge in [0.15, 0.2) is 0 Å². The minimum Gasteiger partial charge on any atom is -0.480 e. The molecule has 2 N–H and O–H groups in total. The third-order valence-corrected chi connectivity index (χ3v) is 3.15. The van der Waals surface area contributed by atoms with Crippen LogP contribution < -0.4 is 0 Å². The van der Waals surface area contributed by atoms with Gasteiger partial charge in [0.05, 0.1) is 17.3 Å². The highest BCUT2D eigenvalue weighted by Crippen LogP contribution is 2.20. The SMILES string of the molecule is O=C(O)C1CC(O)CN1Cc1cscn1. The Labute approximate surface area is 91.0 Å². The maximum absolute atomic E-state index is 10.9. The van der Waals surface area contributed by atoms with Gasteiger partial charge in [-0.3, -0.25) is 9.69 Å². The van der Waals surface area contributed by atoms with E-state index in [1.165, 1.54) is 11.3 Å². The minimum absolute atomic E-state index is 0.305. The molecular formula is C9H12N2O3S. The van der Waals surface area contributed by atoms with E-state index < -0.39 is 18.1 Å². The molecule has 2 unspecified atom stereocenters. The summed E-state index contributed by atoms with van der Waals surface area (Å²) >= 11 is 1.49.